The number of nitrogens with zero attached hydrogens (tertiary/aromatic N) is 2. The van der Waals surface area contributed by atoms with Gasteiger partial charge in [0.25, 0.3) is 0 Å². The van der Waals surface area contributed by atoms with Crippen LogP contribution in [0.1, 0.15) is 45.9 Å². The minimum Gasteiger partial charge on any atom is -0.338 e. The number of nitrogens with one attached hydrogen (secondary N) is 1. The largest absolute Gasteiger partial charge is 0.338 e. The van der Waals surface area contributed by atoms with Gasteiger partial charge < -0.3 is 9.88 Å². The van der Waals surface area contributed by atoms with Crippen LogP contribution in [0.4, 0.5) is 0 Å². The van der Waals surface area contributed by atoms with Crippen molar-refractivity contribution in [3.05, 3.63) is 18.2 Å². The second kappa shape index (κ2) is 8.30. The van der Waals surface area contributed by atoms with Gasteiger partial charge in [0.1, 0.15) is 5.82 Å². The summed E-state index contributed by atoms with van der Waals surface area (Å²) in [4.78, 5) is 4.41. The van der Waals surface area contributed by atoms with E-state index in [-0.39, 0.29) is 0 Å². The molecule has 0 saturated carbocycles. The maximum atomic E-state index is 4.41. The SMILES string of the molecule is CCCNCC(CCc1nccn1C)CC(C)C. The molecule has 1 aromatic heterocycles. The van der Waals surface area contributed by atoms with Gasteiger partial charge in [-0.15, -0.1) is 0 Å². The standard InChI is InChI=1S/C15H29N3/c1-5-8-16-12-14(11-13(2)3)6-7-15-17-9-10-18(15)4/h9-10,13-14,16H,5-8,11-12H2,1-4H3. The lowest BCUT2D eigenvalue weighted by molar-refractivity contribution is 0.364. The first kappa shape index (κ1) is 15.2. The molecule has 1 rings (SSSR count). The Morgan fingerprint density at radius 3 is 2.72 bits per heavy atom. The first-order valence-electron chi connectivity index (χ1n) is 7.30. The Morgan fingerprint density at radius 1 is 1.39 bits per heavy atom. The first-order valence-corrected chi connectivity index (χ1v) is 7.30. The molecule has 3 heteroatoms. The zero-order valence-corrected chi connectivity index (χ0v) is 12.4. The fourth-order valence-electron chi connectivity index (χ4n) is 2.42. The van der Waals surface area contributed by atoms with Gasteiger partial charge in [-0.1, -0.05) is 20.8 Å². The van der Waals surface area contributed by atoms with Crippen molar-refractivity contribution < 1.29 is 0 Å². The van der Waals surface area contributed by atoms with Crippen LogP contribution in [0, 0.1) is 11.8 Å². The highest BCUT2D eigenvalue weighted by Crippen LogP contribution is 2.17. The van der Waals surface area contributed by atoms with Crippen LogP contribution in [0.25, 0.3) is 0 Å². The summed E-state index contributed by atoms with van der Waals surface area (Å²) in [6, 6.07) is 0. The molecule has 0 bridgehead atoms. The molecular weight excluding hydrogens is 222 g/mol. The zero-order valence-electron chi connectivity index (χ0n) is 12.4. The molecule has 3 nitrogen and oxygen atoms in total. The number of aromatic nitrogens is 2. The van der Waals surface area contributed by atoms with Crippen LogP contribution < -0.4 is 5.32 Å². The van der Waals surface area contributed by atoms with Gasteiger partial charge in [-0.25, -0.2) is 4.98 Å². The summed E-state index contributed by atoms with van der Waals surface area (Å²) in [5.74, 6) is 2.76. The average Bonchev–Trinajstić information content (AvgIpc) is 2.71. The van der Waals surface area contributed by atoms with E-state index >= 15 is 0 Å². The van der Waals surface area contributed by atoms with Crippen molar-refractivity contribution in [1.29, 1.82) is 0 Å². The number of hydrogen-bond donors (Lipinski definition) is 1. The van der Waals surface area contributed by atoms with Gasteiger partial charge in [0.15, 0.2) is 0 Å². The molecule has 1 unspecified atom stereocenters. The number of rotatable bonds is 9. The summed E-state index contributed by atoms with van der Waals surface area (Å²) in [5, 5.41) is 3.56. The van der Waals surface area contributed by atoms with Crippen molar-refractivity contribution in [2.75, 3.05) is 13.1 Å². The molecule has 1 N–H and O–H groups in total. The van der Waals surface area contributed by atoms with E-state index in [1.165, 1.54) is 25.1 Å². The second-order valence-corrected chi connectivity index (χ2v) is 5.69. The summed E-state index contributed by atoms with van der Waals surface area (Å²) in [7, 11) is 2.08. The predicted octanol–water partition coefficient (Wildman–Crippen LogP) is 3.01. The van der Waals surface area contributed by atoms with Crippen molar-refractivity contribution >= 4 is 0 Å². The van der Waals surface area contributed by atoms with Crippen molar-refractivity contribution in [3.8, 4) is 0 Å². The Hall–Kier alpha value is -0.830. The molecular formula is C15H29N3. The second-order valence-electron chi connectivity index (χ2n) is 5.69. The molecule has 104 valence electrons. The minimum absolute atomic E-state index is 0.772. The molecule has 0 aliphatic rings. The predicted molar refractivity (Wildman–Crippen MR) is 77.6 cm³/mol. The molecule has 0 radical (unpaired) electrons. The summed E-state index contributed by atoms with van der Waals surface area (Å²) in [6.07, 6.45) is 8.77. The number of hydrogen-bond acceptors (Lipinski definition) is 2. The third-order valence-corrected chi connectivity index (χ3v) is 3.36. The number of imidazole rings is 1. The van der Waals surface area contributed by atoms with Crippen LogP contribution in [0.5, 0.6) is 0 Å². The molecule has 1 atom stereocenters. The molecule has 0 saturated heterocycles. The monoisotopic (exact) mass is 251 g/mol. The summed E-state index contributed by atoms with van der Waals surface area (Å²) < 4.78 is 2.13. The Balaban J connectivity index is 2.37. The van der Waals surface area contributed by atoms with E-state index in [4.69, 9.17) is 0 Å². The lowest BCUT2D eigenvalue weighted by atomic mass is 9.92. The van der Waals surface area contributed by atoms with Crippen molar-refractivity contribution in [2.24, 2.45) is 18.9 Å². The lowest BCUT2D eigenvalue weighted by Gasteiger charge is -2.19. The van der Waals surface area contributed by atoms with E-state index in [1.54, 1.807) is 0 Å². The molecule has 18 heavy (non-hydrogen) atoms. The van der Waals surface area contributed by atoms with Crippen molar-refractivity contribution in [1.82, 2.24) is 14.9 Å². The van der Waals surface area contributed by atoms with Gasteiger partial charge in [0.05, 0.1) is 0 Å². The highest BCUT2D eigenvalue weighted by molar-refractivity contribution is 4.91. The van der Waals surface area contributed by atoms with E-state index in [2.05, 4.69) is 42.7 Å². The van der Waals surface area contributed by atoms with Gasteiger partial charge >= 0.3 is 0 Å². The molecule has 1 heterocycles. The third kappa shape index (κ3) is 5.67. The molecule has 1 aromatic rings. The summed E-state index contributed by atoms with van der Waals surface area (Å²) in [5.41, 5.74) is 0. The topological polar surface area (TPSA) is 29.9 Å². The van der Waals surface area contributed by atoms with Gasteiger partial charge in [-0.2, -0.15) is 0 Å². The van der Waals surface area contributed by atoms with Gasteiger partial charge in [0, 0.05) is 25.9 Å². The fraction of sp³-hybridized carbons (Fsp3) is 0.800. The van der Waals surface area contributed by atoms with Gasteiger partial charge in [-0.05, 0) is 44.2 Å². The third-order valence-electron chi connectivity index (χ3n) is 3.36. The lowest BCUT2D eigenvalue weighted by Crippen LogP contribution is -2.25. The maximum absolute atomic E-state index is 4.41. The summed E-state index contributed by atoms with van der Waals surface area (Å²) >= 11 is 0. The molecule has 0 spiro atoms. The molecule has 0 fully saturated rings. The molecule has 0 aliphatic heterocycles. The van der Waals surface area contributed by atoms with Crippen LogP contribution in [0.3, 0.4) is 0 Å². The van der Waals surface area contributed by atoms with Crippen LogP contribution >= 0.6 is 0 Å². The molecule has 0 amide bonds. The van der Waals surface area contributed by atoms with E-state index in [9.17, 15) is 0 Å². The van der Waals surface area contributed by atoms with E-state index in [0.717, 1.165) is 31.3 Å². The Bertz CT molecular complexity index is 317. The Labute approximate surface area is 112 Å². The highest BCUT2D eigenvalue weighted by atomic mass is 15.0. The Kier molecular flexibility index (Phi) is 7.02. The van der Waals surface area contributed by atoms with Crippen LogP contribution in [-0.2, 0) is 13.5 Å². The smallest absolute Gasteiger partial charge is 0.108 e. The van der Waals surface area contributed by atoms with Gasteiger partial charge in [0.2, 0.25) is 0 Å². The normalized spacial score (nSPS) is 13.2. The minimum atomic E-state index is 0.772. The van der Waals surface area contributed by atoms with Crippen molar-refractivity contribution in [3.63, 3.8) is 0 Å². The maximum Gasteiger partial charge on any atom is 0.108 e. The van der Waals surface area contributed by atoms with Crippen LogP contribution in [0.15, 0.2) is 12.4 Å². The zero-order chi connectivity index (χ0) is 13.4. The van der Waals surface area contributed by atoms with Crippen LogP contribution in [-0.4, -0.2) is 22.6 Å². The van der Waals surface area contributed by atoms with Gasteiger partial charge in [-0.3, -0.25) is 0 Å². The van der Waals surface area contributed by atoms with Crippen LogP contribution in [0.2, 0.25) is 0 Å². The molecule has 0 aromatic carbocycles. The quantitative estimate of drug-likeness (QED) is 0.684. The van der Waals surface area contributed by atoms with E-state index in [0.29, 0.717) is 0 Å². The van der Waals surface area contributed by atoms with E-state index < -0.39 is 0 Å². The van der Waals surface area contributed by atoms with Crippen molar-refractivity contribution in [2.45, 2.75) is 46.5 Å². The average molecular weight is 251 g/mol. The number of aryl methyl sites for hydroxylation is 2. The highest BCUT2D eigenvalue weighted by Gasteiger charge is 2.12. The summed E-state index contributed by atoms with van der Waals surface area (Å²) in [6.45, 7) is 9.13. The fourth-order valence-corrected chi connectivity index (χ4v) is 2.42. The Morgan fingerprint density at radius 2 is 2.17 bits per heavy atom. The van der Waals surface area contributed by atoms with E-state index in [1.807, 2.05) is 12.4 Å². The first-order chi connectivity index (χ1) is 8.63. The molecule has 0 aliphatic carbocycles.